The lowest BCUT2D eigenvalue weighted by Gasteiger charge is -2.09. The zero-order chi connectivity index (χ0) is 18.0. The van der Waals surface area contributed by atoms with Crippen molar-refractivity contribution in [3.63, 3.8) is 0 Å². The first-order valence-electron chi connectivity index (χ1n) is 7.22. The van der Waals surface area contributed by atoms with E-state index < -0.39 is 5.57 Å². The highest BCUT2D eigenvalue weighted by molar-refractivity contribution is 7.98. The number of pyridine rings is 1. The van der Waals surface area contributed by atoms with Crippen LogP contribution in [0.2, 0.25) is 0 Å². The highest BCUT2D eigenvalue weighted by Gasteiger charge is 2.27. The maximum Gasteiger partial charge on any atom is 0.487 e. The normalized spacial score (nSPS) is 11.7. The van der Waals surface area contributed by atoms with Crippen molar-refractivity contribution in [3.8, 4) is 11.5 Å². The number of ether oxygens (including phenoxy) is 2. The Morgan fingerprint density at radius 2 is 2.12 bits per heavy atom. The van der Waals surface area contributed by atoms with Crippen molar-refractivity contribution in [2.45, 2.75) is 23.4 Å². The number of hydrogen-bond acceptors (Lipinski definition) is 5. The second-order valence-corrected chi connectivity index (χ2v) is 6.55. The second-order valence-electron chi connectivity index (χ2n) is 5.14. The molecule has 1 N–H and O–H groups in total. The minimum absolute atomic E-state index is 0.0435. The fraction of sp³-hybridized carbons (Fsp3) is 0.250. The number of thioether (sulfide) groups is 1. The van der Waals surface area contributed by atoms with Crippen molar-refractivity contribution in [1.29, 1.82) is 0 Å². The first-order valence-corrected chi connectivity index (χ1v) is 8.59. The summed E-state index contributed by atoms with van der Waals surface area (Å²) in [5.41, 5.74) is -0.676. The highest BCUT2D eigenvalue weighted by atomic mass is 35.5. The Morgan fingerprint density at radius 1 is 1.32 bits per heavy atom. The Hall–Kier alpha value is -2.06. The third kappa shape index (κ3) is 4.32. The number of benzene rings is 1. The Kier molecular flexibility index (Phi) is 5.01. The molecule has 132 valence electrons. The third-order valence-corrected chi connectivity index (χ3v) is 4.45. The molecule has 2 heterocycles. The number of aromatic amines is 1. The van der Waals surface area contributed by atoms with Gasteiger partial charge in [0.25, 0.3) is 0 Å². The lowest BCUT2D eigenvalue weighted by Crippen LogP contribution is -2.15. The van der Waals surface area contributed by atoms with Crippen LogP contribution in [0.4, 0.5) is 8.78 Å². The van der Waals surface area contributed by atoms with Crippen molar-refractivity contribution in [2.24, 2.45) is 0 Å². The zero-order valence-corrected chi connectivity index (χ0v) is 14.9. The van der Waals surface area contributed by atoms with Gasteiger partial charge in [-0.15, -0.1) is 8.78 Å². The molecule has 2 aromatic heterocycles. The standard InChI is InChI=1S/C16H14ClF2N3O2S/c1-9-13(20-6-5-14(9)23-2)8-25-15-21-11-4-3-10(7-12(11)22-15)24-16(17,18)19/h3-7H,8H2,1-2H3,(H,21,22). The predicted octanol–water partition coefficient (Wildman–Crippen LogP) is 4.74. The van der Waals surface area contributed by atoms with Gasteiger partial charge in [0.15, 0.2) is 5.16 Å². The van der Waals surface area contributed by atoms with E-state index in [0.717, 1.165) is 17.0 Å². The van der Waals surface area contributed by atoms with Crippen LogP contribution in [0.15, 0.2) is 35.6 Å². The number of aromatic nitrogens is 3. The van der Waals surface area contributed by atoms with E-state index in [2.05, 4.69) is 19.7 Å². The van der Waals surface area contributed by atoms with E-state index in [1.807, 2.05) is 6.92 Å². The zero-order valence-electron chi connectivity index (χ0n) is 13.3. The van der Waals surface area contributed by atoms with E-state index in [9.17, 15) is 8.78 Å². The van der Waals surface area contributed by atoms with Crippen LogP contribution in [0.25, 0.3) is 11.0 Å². The molecule has 0 atom stereocenters. The van der Waals surface area contributed by atoms with Crippen molar-refractivity contribution in [3.05, 3.63) is 41.7 Å². The molecule has 0 amide bonds. The largest absolute Gasteiger partial charge is 0.496 e. The summed E-state index contributed by atoms with van der Waals surface area (Å²) in [6.07, 6.45) is 1.69. The molecule has 0 saturated heterocycles. The maximum absolute atomic E-state index is 12.7. The number of fused-ring (bicyclic) bond motifs is 1. The SMILES string of the molecule is COc1ccnc(CSc2nc3ccc(OC(F)(F)Cl)cc3[nH]2)c1C. The Balaban J connectivity index is 1.76. The van der Waals surface area contributed by atoms with Crippen LogP contribution in [0.3, 0.4) is 0 Å². The molecular weight excluding hydrogens is 372 g/mol. The van der Waals surface area contributed by atoms with Gasteiger partial charge in [-0.1, -0.05) is 11.8 Å². The van der Waals surface area contributed by atoms with Gasteiger partial charge < -0.3 is 14.5 Å². The van der Waals surface area contributed by atoms with Gasteiger partial charge in [0, 0.05) is 35.2 Å². The number of imidazole rings is 1. The summed E-state index contributed by atoms with van der Waals surface area (Å²) in [6.45, 7) is 1.94. The fourth-order valence-electron chi connectivity index (χ4n) is 2.29. The molecule has 0 aliphatic heterocycles. The van der Waals surface area contributed by atoms with Gasteiger partial charge in [-0.3, -0.25) is 4.98 Å². The van der Waals surface area contributed by atoms with Crippen LogP contribution in [0.5, 0.6) is 11.5 Å². The monoisotopic (exact) mass is 385 g/mol. The van der Waals surface area contributed by atoms with Crippen LogP contribution in [0.1, 0.15) is 11.3 Å². The Morgan fingerprint density at radius 3 is 2.84 bits per heavy atom. The molecule has 0 bridgehead atoms. The maximum atomic E-state index is 12.7. The topological polar surface area (TPSA) is 60.0 Å². The molecule has 3 aromatic rings. The Bertz CT molecular complexity index is 899. The summed E-state index contributed by atoms with van der Waals surface area (Å²) in [7, 11) is 1.61. The van der Waals surface area contributed by atoms with Crippen molar-refractivity contribution in [1.82, 2.24) is 15.0 Å². The molecule has 9 heteroatoms. The average molecular weight is 386 g/mol. The number of halogens is 3. The first-order chi connectivity index (χ1) is 11.9. The van der Waals surface area contributed by atoms with E-state index in [1.165, 1.54) is 23.9 Å². The molecular formula is C16H14ClF2N3O2S. The number of nitrogens with zero attached hydrogens (tertiary/aromatic N) is 2. The van der Waals surface area contributed by atoms with Gasteiger partial charge in [0.1, 0.15) is 11.5 Å². The lowest BCUT2D eigenvalue weighted by atomic mass is 10.2. The number of H-pyrrole nitrogens is 1. The fourth-order valence-corrected chi connectivity index (χ4v) is 3.29. The number of alkyl halides is 3. The Labute approximate surface area is 151 Å². The van der Waals surface area contributed by atoms with E-state index >= 15 is 0 Å². The molecule has 1 aromatic carbocycles. The first kappa shape index (κ1) is 17.8. The van der Waals surface area contributed by atoms with Gasteiger partial charge >= 0.3 is 5.57 Å². The predicted molar refractivity (Wildman–Crippen MR) is 92.6 cm³/mol. The van der Waals surface area contributed by atoms with Crippen LogP contribution in [-0.2, 0) is 5.75 Å². The molecule has 0 fully saturated rings. The molecule has 0 unspecified atom stereocenters. The third-order valence-electron chi connectivity index (χ3n) is 3.49. The van der Waals surface area contributed by atoms with Crippen LogP contribution in [0, 0.1) is 6.92 Å². The minimum atomic E-state index is -3.75. The molecule has 25 heavy (non-hydrogen) atoms. The molecule has 0 saturated carbocycles. The molecule has 5 nitrogen and oxygen atoms in total. The van der Waals surface area contributed by atoms with Crippen LogP contribution < -0.4 is 9.47 Å². The minimum Gasteiger partial charge on any atom is -0.496 e. The summed E-state index contributed by atoms with van der Waals surface area (Å²) in [4.78, 5) is 11.8. The van der Waals surface area contributed by atoms with Crippen molar-refractivity contribution >= 4 is 34.4 Å². The quantitative estimate of drug-likeness (QED) is 0.490. The van der Waals surface area contributed by atoms with Gasteiger partial charge in [0.05, 0.1) is 23.8 Å². The smallest absolute Gasteiger partial charge is 0.487 e. The molecule has 0 spiro atoms. The summed E-state index contributed by atoms with van der Waals surface area (Å²) in [5.74, 6) is 1.32. The summed E-state index contributed by atoms with van der Waals surface area (Å²) in [5, 5.41) is 0.647. The molecule has 0 aliphatic carbocycles. The van der Waals surface area contributed by atoms with Gasteiger partial charge in [-0.05, 0) is 25.1 Å². The highest BCUT2D eigenvalue weighted by Crippen LogP contribution is 2.30. The number of rotatable bonds is 6. The van der Waals surface area contributed by atoms with Crippen LogP contribution in [-0.4, -0.2) is 27.6 Å². The lowest BCUT2D eigenvalue weighted by molar-refractivity contribution is -0.0964. The molecule has 0 aliphatic rings. The van der Waals surface area contributed by atoms with Crippen LogP contribution >= 0.6 is 23.4 Å². The van der Waals surface area contributed by atoms with Gasteiger partial charge in [-0.2, -0.15) is 0 Å². The summed E-state index contributed by atoms with van der Waals surface area (Å²) < 4.78 is 35.1. The van der Waals surface area contributed by atoms with E-state index in [4.69, 9.17) is 16.3 Å². The van der Waals surface area contributed by atoms with E-state index in [-0.39, 0.29) is 5.75 Å². The van der Waals surface area contributed by atoms with Gasteiger partial charge in [-0.25, -0.2) is 4.98 Å². The number of hydrogen-bond donors (Lipinski definition) is 1. The van der Waals surface area contributed by atoms with E-state index in [1.54, 1.807) is 25.4 Å². The van der Waals surface area contributed by atoms with Gasteiger partial charge in [0.2, 0.25) is 0 Å². The average Bonchev–Trinajstić information content (AvgIpc) is 2.94. The van der Waals surface area contributed by atoms with Crippen molar-refractivity contribution < 1.29 is 18.3 Å². The second kappa shape index (κ2) is 7.05. The summed E-state index contributed by atoms with van der Waals surface area (Å²) in [6, 6.07) is 6.21. The van der Waals surface area contributed by atoms with Crippen molar-refractivity contribution in [2.75, 3.05) is 7.11 Å². The summed E-state index contributed by atoms with van der Waals surface area (Å²) >= 11 is 6.23. The molecule has 3 rings (SSSR count). The number of methoxy groups -OCH3 is 1. The number of nitrogens with one attached hydrogen (secondary N) is 1. The molecule has 0 radical (unpaired) electrons. The van der Waals surface area contributed by atoms with E-state index in [0.29, 0.717) is 21.9 Å².